The lowest BCUT2D eigenvalue weighted by atomic mass is 10.1. The van der Waals surface area contributed by atoms with Crippen molar-refractivity contribution in [3.63, 3.8) is 0 Å². The van der Waals surface area contributed by atoms with Gasteiger partial charge in [0.2, 0.25) is 5.91 Å². The molecule has 0 aliphatic rings. The number of rotatable bonds is 3. The third-order valence-corrected chi connectivity index (χ3v) is 2.48. The maximum atomic E-state index is 11.1. The minimum Gasteiger partial charge on any atom is -0.506 e. The number of fused-ring (bicyclic) bond motifs is 1. The monoisotopic (exact) mass is 228 g/mol. The van der Waals surface area contributed by atoms with Crippen molar-refractivity contribution in [1.29, 1.82) is 0 Å². The Morgan fingerprint density at radius 3 is 3.06 bits per heavy atom. The molecule has 0 aliphatic heterocycles. The lowest BCUT2D eigenvalue weighted by Gasteiger charge is -2.07. The van der Waals surface area contributed by atoms with Crippen molar-refractivity contribution >= 4 is 16.8 Å². The molecule has 4 heteroatoms. The fraction of sp³-hybridized carbons (Fsp3) is 0.0769. The maximum absolute atomic E-state index is 11.1. The number of nitrogens with zero attached hydrogens (tertiary/aromatic N) is 1. The number of carbonyl (C=O) groups is 1. The second-order valence-corrected chi connectivity index (χ2v) is 3.57. The van der Waals surface area contributed by atoms with Gasteiger partial charge in [-0.25, -0.2) is 0 Å². The van der Waals surface area contributed by atoms with Crippen LogP contribution in [-0.2, 0) is 11.3 Å². The molecule has 2 aromatic rings. The molecule has 1 aromatic carbocycles. The highest BCUT2D eigenvalue weighted by Gasteiger charge is 2.06. The van der Waals surface area contributed by atoms with Crippen LogP contribution >= 0.6 is 0 Å². The van der Waals surface area contributed by atoms with Crippen molar-refractivity contribution in [2.45, 2.75) is 6.54 Å². The Bertz CT molecular complexity index is 579. The summed E-state index contributed by atoms with van der Waals surface area (Å²) >= 11 is 0. The van der Waals surface area contributed by atoms with E-state index in [-0.39, 0.29) is 11.7 Å². The minimum atomic E-state index is -0.227. The normalized spacial score (nSPS) is 10.1. The van der Waals surface area contributed by atoms with Gasteiger partial charge in [0, 0.05) is 18.1 Å². The summed E-state index contributed by atoms with van der Waals surface area (Å²) in [5.74, 6) is -0.0884. The van der Waals surface area contributed by atoms with Gasteiger partial charge in [-0.15, -0.1) is 0 Å². The zero-order chi connectivity index (χ0) is 12.3. The Labute approximate surface area is 98.6 Å². The molecule has 0 fully saturated rings. The van der Waals surface area contributed by atoms with Crippen molar-refractivity contribution in [3.8, 4) is 5.75 Å². The number of pyridine rings is 1. The summed E-state index contributed by atoms with van der Waals surface area (Å²) in [6.45, 7) is 3.77. The average Bonchev–Trinajstić information content (AvgIpc) is 2.38. The van der Waals surface area contributed by atoms with Crippen LogP contribution in [0.3, 0.4) is 0 Å². The zero-order valence-electron chi connectivity index (χ0n) is 9.18. The van der Waals surface area contributed by atoms with E-state index in [0.717, 1.165) is 10.9 Å². The van der Waals surface area contributed by atoms with Crippen LogP contribution in [0.5, 0.6) is 5.75 Å². The first kappa shape index (κ1) is 11.1. The predicted octanol–water partition coefficient (Wildman–Crippen LogP) is 1.74. The molecule has 0 aliphatic carbocycles. The Balaban J connectivity index is 2.38. The molecular weight excluding hydrogens is 216 g/mol. The first-order valence-electron chi connectivity index (χ1n) is 5.18. The predicted molar refractivity (Wildman–Crippen MR) is 65.5 cm³/mol. The van der Waals surface area contributed by atoms with Crippen molar-refractivity contribution in [2.75, 3.05) is 0 Å². The molecule has 1 heterocycles. The van der Waals surface area contributed by atoms with E-state index < -0.39 is 0 Å². The molecule has 4 nitrogen and oxygen atoms in total. The molecule has 0 atom stereocenters. The summed E-state index contributed by atoms with van der Waals surface area (Å²) in [6, 6.07) is 6.99. The summed E-state index contributed by atoms with van der Waals surface area (Å²) in [5.41, 5.74) is 1.44. The van der Waals surface area contributed by atoms with Gasteiger partial charge in [-0.3, -0.25) is 9.78 Å². The van der Waals surface area contributed by atoms with Gasteiger partial charge in [-0.2, -0.15) is 0 Å². The molecule has 0 saturated carbocycles. The molecule has 1 amide bonds. The standard InChI is InChI=1S/C13H12N2O2/c1-2-12(17)15-8-9-5-6-11(16)13-10(9)4-3-7-14-13/h2-7,16H,1,8H2,(H,15,17). The van der Waals surface area contributed by atoms with E-state index in [1.807, 2.05) is 6.07 Å². The van der Waals surface area contributed by atoms with Gasteiger partial charge in [-0.1, -0.05) is 18.7 Å². The SMILES string of the molecule is C=CC(=O)NCc1ccc(O)c2ncccc12. The van der Waals surface area contributed by atoms with Crippen molar-refractivity contribution in [1.82, 2.24) is 10.3 Å². The summed E-state index contributed by atoms with van der Waals surface area (Å²) in [7, 11) is 0. The van der Waals surface area contributed by atoms with E-state index in [2.05, 4.69) is 16.9 Å². The number of phenolic OH excluding ortho intramolecular Hbond substituents is 1. The fourth-order valence-electron chi connectivity index (χ4n) is 1.63. The summed E-state index contributed by atoms with van der Waals surface area (Å²) in [4.78, 5) is 15.2. The van der Waals surface area contributed by atoms with Gasteiger partial charge < -0.3 is 10.4 Å². The van der Waals surface area contributed by atoms with E-state index in [1.165, 1.54) is 6.08 Å². The Morgan fingerprint density at radius 2 is 2.29 bits per heavy atom. The van der Waals surface area contributed by atoms with Gasteiger partial charge in [0.1, 0.15) is 11.3 Å². The van der Waals surface area contributed by atoms with Crippen LogP contribution in [0.4, 0.5) is 0 Å². The molecule has 0 saturated heterocycles. The molecular formula is C13H12N2O2. The lowest BCUT2D eigenvalue weighted by Crippen LogP contribution is -2.20. The topological polar surface area (TPSA) is 62.2 Å². The summed E-state index contributed by atoms with van der Waals surface area (Å²) < 4.78 is 0. The quantitative estimate of drug-likeness (QED) is 0.786. The molecule has 1 aromatic heterocycles. The number of aromatic hydroxyl groups is 1. The van der Waals surface area contributed by atoms with Crippen LogP contribution < -0.4 is 5.32 Å². The van der Waals surface area contributed by atoms with E-state index in [4.69, 9.17) is 0 Å². The number of hydrogen-bond acceptors (Lipinski definition) is 3. The number of aromatic nitrogens is 1. The summed E-state index contributed by atoms with van der Waals surface area (Å²) in [6.07, 6.45) is 2.84. The Hall–Kier alpha value is -2.36. The van der Waals surface area contributed by atoms with E-state index >= 15 is 0 Å². The lowest BCUT2D eigenvalue weighted by molar-refractivity contribution is -0.116. The van der Waals surface area contributed by atoms with E-state index in [9.17, 15) is 9.90 Å². The second kappa shape index (κ2) is 4.65. The molecule has 0 bridgehead atoms. The van der Waals surface area contributed by atoms with Gasteiger partial charge >= 0.3 is 0 Å². The third kappa shape index (κ3) is 2.25. The van der Waals surface area contributed by atoms with Gasteiger partial charge in [0.05, 0.1) is 0 Å². The largest absolute Gasteiger partial charge is 0.506 e. The molecule has 0 unspecified atom stereocenters. The van der Waals surface area contributed by atoms with Crippen LogP contribution in [-0.4, -0.2) is 16.0 Å². The number of hydrogen-bond donors (Lipinski definition) is 2. The molecule has 2 N–H and O–H groups in total. The highest BCUT2D eigenvalue weighted by molar-refractivity contribution is 5.89. The van der Waals surface area contributed by atoms with Gasteiger partial charge in [0.15, 0.2) is 0 Å². The average molecular weight is 228 g/mol. The van der Waals surface area contributed by atoms with Crippen LogP contribution in [0.1, 0.15) is 5.56 Å². The second-order valence-electron chi connectivity index (χ2n) is 3.57. The zero-order valence-corrected chi connectivity index (χ0v) is 9.18. The molecule has 0 radical (unpaired) electrons. The van der Waals surface area contributed by atoms with Crippen LogP contribution in [0.2, 0.25) is 0 Å². The number of amides is 1. The highest BCUT2D eigenvalue weighted by Crippen LogP contribution is 2.25. The van der Waals surface area contributed by atoms with Crippen molar-refractivity contribution < 1.29 is 9.90 Å². The molecule has 2 rings (SSSR count). The first-order chi connectivity index (χ1) is 8.22. The number of benzene rings is 1. The molecule has 86 valence electrons. The maximum Gasteiger partial charge on any atom is 0.243 e. The van der Waals surface area contributed by atoms with Crippen molar-refractivity contribution in [3.05, 3.63) is 48.7 Å². The smallest absolute Gasteiger partial charge is 0.243 e. The Kier molecular flexibility index (Phi) is 3.05. The highest BCUT2D eigenvalue weighted by atomic mass is 16.3. The fourth-order valence-corrected chi connectivity index (χ4v) is 1.63. The van der Waals surface area contributed by atoms with Gasteiger partial charge in [0.25, 0.3) is 0 Å². The molecule has 0 spiro atoms. The minimum absolute atomic E-state index is 0.138. The molecule has 17 heavy (non-hydrogen) atoms. The van der Waals surface area contributed by atoms with E-state index in [1.54, 1.807) is 24.4 Å². The van der Waals surface area contributed by atoms with Crippen LogP contribution in [0.15, 0.2) is 43.1 Å². The number of nitrogens with one attached hydrogen (secondary N) is 1. The van der Waals surface area contributed by atoms with Crippen LogP contribution in [0.25, 0.3) is 10.9 Å². The number of carbonyl (C=O) groups excluding carboxylic acids is 1. The van der Waals surface area contributed by atoms with Crippen LogP contribution in [0, 0.1) is 0 Å². The third-order valence-electron chi connectivity index (χ3n) is 2.48. The van der Waals surface area contributed by atoms with Gasteiger partial charge in [-0.05, 0) is 23.8 Å². The van der Waals surface area contributed by atoms with Crippen molar-refractivity contribution in [2.24, 2.45) is 0 Å². The summed E-state index contributed by atoms with van der Waals surface area (Å²) in [5, 5.41) is 13.2. The first-order valence-corrected chi connectivity index (χ1v) is 5.18. The number of phenols is 1. The Morgan fingerprint density at radius 1 is 1.47 bits per heavy atom. The van der Waals surface area contributed by atoms with E-state index in [0.29, 0.717) is 12.1 Å².